The highest BCUT2D eigenvalue weighted by molar-refractivity contribution is 6.30. The van der Waals surface area contributed by atoms with Crippen molar-refractivity contribution in [1.82, 2.24) is 25.5 Å². The molecule has 1 heterocycles. The van der Waals surface area contributed by atoms with E-state index in [2.05, 4.69) is 20.7 Å². The molecule has 0 spiro atoms. The highest BCUT2D eigenvalue weighted by atomic mass is 35.5. The Morgan fingerprint density at radius 1 is 1.21 bits per heavy atom. The first-order valence-electron chi connectivity index (χ1n) is 9.02. The zero-order chi connectivity index (χ0) is 20.1. The summed E-state index contributed by atoms with van der Waals surface area (Å²) in [5.74, 6) is 0.994. The molecular weight excluding hydrogens is 378 g/mol. The molecule has 0 aliphatic carbocycles. The first-order valence-corrected chi connectivity index (χ1v) is 9.40. The van der Waals surface area contributed by atoms with Crippen LogP contribution in [0.3, 0.4) is 0 Å². The van der Waals surface area contributed by atoms with E-state index in [0.717, 1.165) is 16.9 Å². The molecule has 146 valence electrons. The molecule has 1 N–H and O–H groups in total. The number of tetrazole rings is 1. The van der Waals surface area contributed by atoms with Gasteiger partial charge >= 0.3 is 0 Å². The summed E-state index contributed by atoms with van der Waals surface area (Å²) in [7, 11) is 1.61. The average Bonchev–Trinajstić information content (AvgIpc) is 3.18. The van der Waals surface area contributed by atoms with Crippen molar-refractivity contribution in [3.05, 3.63) is 59.1 Å². The van der Waals surface area contributed by atoms with Crippen LogP contribution in [0, 0.1) is 0 Å². The fourth-order valence-corrected chi connectivity index (χ4v) is 3.06. The molecule has 8 heteroatoms. The molecule has 0 aliphatic heterocycles. The number of halogens is 1. The first-order chi connectivity index (χ1) is 13.5. The summed E-state index contributed by atoms with van der Waals surface area (Å²) in [5.41, 5.74) is 1.69. The van der Waals surface area contributed by atoms with Crippen molar-refractivity contribution in [2.75, 3.05) is 7.11 Å². The summed E-state index contributed by atoms with van der Waals surface area (Å²) < 4.78 is 5.38. The third kappa shape index (κ3) is 4.31. The van der Waals surface area contributed by atoms with Gasteiger partial charge in [0.1, 0.15) is 5.75 Å². The molecule has 7 nitrogen and oxygen atoms in total. The molecule has 3 aromatic rings. The number of benzene rings is 2. The number of carbonyl (C=O) groups is 1. The molecule has 1 amide bonds. The van der Waals surface area contributed by atoms with Crippen LogP contribution in [0.4, 0.5) is 0 Å². The van der Waals surface area contributed by atoms with Crippen LogP contribution in [-0.4, -0.2) is 33.2 Å². The zero-order valence-electron chi connectivity index (χ0n) is 16.0. The number of para-hydroxylation sites is 1. The van der Waals surface area contributed by atoms with Gasteiger partial charge in [-0.2, -0.15) is 4.80 Å². The van der Waals surface area contributed by atoms with E-state index >= 15 is 0 Å². The molecule has 3 rings (SSSR count). The summed E-state index contributed by atoms with van der Waals surface area (Å²) >= 11 is 5.92. The second-order valence-electron chi connectivity index (χ2n) is 6.34. The monoisotopic (exact) mass is 399 g/mol. The van der Waals surface area contributed by atoms with E-state index in [4.69, 9.17) is 16.3 Å². The van der Waals surface area contributed by atoms with Crippen LogP contribution in [0.15, 0.2) is 48.5 Å². The van der Waals surface area contributed by atoms with Gasteiger partial charge in [0.2, 0.25) is 11.7 Å². The van der Waals surface area contributed by atoms with Gasteiger partial charge < -0.3 is 10.1 Å². The van der Waals surface area contributed by atoms with Crippen LogP contribution in [0.2, 0.25) is 5.02 Å². The smallest absolute Gasteiger partial charge is 0.247 e. The van der Waals surface area contributed by atoms with E-state index in [1.54, 1.807) is 19.2 Å². The molecule has 0 aliphatic rings. The van der Waals surface area contributed by atoms with Crippen LogP contribution in [0.5, 0.6) is 5.75 Å². The predicted octanol–water partition coefficient (Wildman–Crippen LogP) is 3.83. The fraction of sp³-hybridized carbons (Fsp3) is 0.300. The van der Waals surface area contributed by atoms with Gasteiger partial charge in [-0.1, -0.05) is 36.7 Å². The quantitative estimate of drug-likeness (QED) is 0.652. The Kier molecular flexibility index (Phi) is 6.26. The van der Waals surface area contributed by atoms with Gasteiger partial charge in [-0.05, 0) is 48.9 Å². The van der Waals surface area contributed by atoms with Crippen molar-refractivity contribution in [3.63, 3.8) is 0 Å². The van der Waals surface area contributed by atoms with Crippen molar-refractivity contribution >= 4 is 17.5 Å². The molecule has 0 saturated heterocycles. The molecule has 0 radical (unpaired) electrons. The van der Waals surface area contributed by atoms with Crippen molar-refractivity contribution in [2.45, 2.75) is 32.4 Å². The molecule has 0 saturated carbocycles. The van der Waals surface area contributed by atoms with Gasteiger partial charge in [0.25, 0.3) is 0 Å². The minimum absolute atomic E-state index is 0.180. The Hall–Kier alpha value is -2.93. The van der Waals surface area contributed by atoms with Gasteiger partial charge in [-0.3, -0.25) is 4.79 Å². The normalized spacial score (nSPS) is 13.0. The number of hydrogen-bond acceptors (Lipinski definition) is 5. The molecule has 0 bridgehead atoms. The Balaban J connectivity index is 1.76. The molecular formula is C20H22ClN5O2. The maximum atomic E-state index is 12.9. The third-order valence-corrected chi connectivity index (χ3v) is 4.71. The van der Waals surface area contributed by atoms with Gasteiger partial charge in [-0.25, -0.2) is 0 Å². The summed E-state index contributed by atoms with van der Waals surface area (Å²) in [6, 6.07) is 14.0. The number of carbonyl (C=O) groups excluding carboxylic acids is 1. The van der Waals surface area contributed by atoms with Crippen molar-refractivity contribution in [2.24, 2.45) is 0 Å². The number of rotatable bonds is 7. The predicted molar refractivity (Wildman–Crippen MR) is 107 cm³/mol. The van der Waals surface area contributed by atoms with Crippen molar-refractivity contribution in [3.8, 4) is 17.1 Å². The lowest BCUT2D eigenvalue weighted by Crippen LogP contribution is -2.35. The zero-order valence-corrected chi connectivity index (χ0v) is 16.7. The van der Waals surface area contributed by atoms with Crippen molar-refractivity contribution < 1.29 is 9.53 Å². The van der Waals surface area contributed by atoms with Gasteiger partial charge in [0, 0.05) is 16.1 Å². The summed E-state index contributed by atoms with van der Waals surface area (Å²) in [6.45, 7) is 3.82. The molecule has 0 fully saturated rings. The second kappa shape index (κ2) is 8.84. The van der Waals surface area contributed by atoms with Crippen LogP contribution < -0.4 is 10.1 Å². The summed E-state index contributed by atoms with van der Waals surface area (Å²) in [5, 5.41) is 16.2. The Labute approximate surface area is 168 Å². The van der Waals surface area contributed by atoms with Crippen LogP contribution >= 0.6 is 11.6 Å². The van der Waals surface area contributed by atoms with Gasteiger partial charge in [0.15, 0.2) is 6.04 Å². The highest BCUT2D eigenvalue weighted by Gasteiger charge is 2.24. The number of aromatic nitrogens is 4. The van der Waals surface area contributed by atoms with E-state index in [0.29, 0.717) is 17.3 Å². The van der Waals surface area contributed by atoms with E-state index in [1.165, 1.54) is 4.80 Å². The summed E-state index contributed by atoms with van der Waals surface area (Å²) in [4.78, 5) is 14.2. The van der Waals surface area contributed by atoms with E-state index < -0.39 is 6.04 Å². The number of hydrogen-bond donors (Lipinski definition) is 1. The number of methoxy groups -OCH3 is 1. The number of nitrogens with one attached hydrogen (secondary N) is 1. The van der Waals surface area contributed by atoms with E-state index in [9.17, 15) is 4.79 Å². The Bertz CT molecular complexity index is 942. The van der Waals surface area contributed by atoms with Crippen LogP contribution in [0.25, 0.3) is 11.4 Å². The van der Waals surface area contributed by atoms with E-state index in [1.807, 2.05) is 50.2 Å². The molecule has 2 atom stereocenters. The maximum Gasteiger partial charge on any atom is 0.247 e. The summed E-state index contributed by atoms with van der Waals surface area (Å²) in [6.07, 6.45) is 0.529. The van der Waals surface area contributed by atoms with Crippen LogP contribution in [0.1, 0.15) is 37.9 Å². The van der Waals surface area contributed by atoms with Gasteiger partial charge in [-0.15, -0.1) is 10.2 Å². The number of nitrogens with zero attached hydrogens (tertiary/aromatic N) is 4. The first kappa shape index (κ1) is 19.8. The molecule has 2 aromatic carbocycles. The fourth-order valence-electron chi connectivity index (χ4n) is 2.94. The van der Waals surface area contributed by atoms with E-state index in [-0.39, 0.29) is 11.9 Å². The highest BCUT2D eigenvalue weighted by Crippen LogP contribution is 2.25. The SMILES string of the molecule is CCC(C(=O)NC(C)c1ccccc1OC)n1nnc(-c2ccc(Cl)cc2)n1. The lowest BCUT2D eigenvalue weighted by Gasteiger charge is -2.20. The largest absolute Gasteiger partial charge is 0.496 e. The standard InChI is InChI=1S/C20H22ClN5O2/c1-4-17(20(27)22-13(2)16-7-5-6-8-18(16)28-3)26-24-19(23-25-26)14-9-11-15(21)12-10-14/h5-13,17H,4H2,1-3H3,(H,22,27). The average molecular weight is 400 g/mol. The Morgan fingerprint density at radius 3 is 2.61 bits per heavy atom. The topological polar surface area (TPSA) is 81.9 Å². The molecule has 2 unspecified atom stereocenters. The van der Waals surface area contributed by atoms with Gasteiger partial charge in [0.05, 0.1) is 13.2 Å². The lowest BCUT2D eigenvalue weighted by molar-refractivity contribution is -0.125. The Morgan fingerprint density at radius 2 is 1.93 bits per heavy atom. The third-order valence-electron chi connectivity index (χ3n) is 4.46. The molecule has 1 aromatic heterocycles. The maximum absolute atomic E-state index is 12.9. The molecule has 28 heavy (non-hydrogen) atoms. The van der Waals surface area contributed by atoms with Crippen LogP contribution in [-0.2, 0) is 4.79 Å². The minimum Gasteiger partial charge on any atom is -0.496 e. The lowest BCUT2D eigenvalue weighted by atomic mass is 10.1. The second-order valence-corrected chi connectivity index (χ2v) is 6.77. The number of amides is 1. The minimum atomic E-state index is -0.564. The van der Waals surface area contributed by atoms with Crippen molar-refractivity contribution in [1.29, 1.82) is 0 Å². The number of ether oxygens (including phenoxy) is 1.